The van der Waals surface area contributed by atoms with Crippen LogP contribution in [0.2, 0.25) is 0 Å². The molecule has 8 heteroatoms. The van der Waals surface area contributed by atoms with Crippen LogP contribution in [0.5, 0.6) is 0 Å². The Labute approximate surface area is 135 Å². The van der Waals surface area contributed by atoms with Crippen molar-refractivity contribution < 1.29 is 13.2 Å². The highest BCUT2D eigenvalue weighted by atomic mass is 32.2. The summed E-state index contributed by atoms with van der Waals surface area (Å²) in [7, 11) is -2.34. The Hall–Kier alpha value is -2.22. The molecular formula is C15H20N4O3S. The smallest absolute Gasteiger partial charge is 0.250 e. The van der Waals surface area contributed by atoms with Crippen LogP contribution in [0.15, 0.2) is 41.8 Å². The van der Waals surface area contributed by atoms with Crippen LogP contribution in [-0.4, -0.2) is 40.9 Å². The number of carbonyl (C=O) groups excluding carboxylic acids is 1. The van der Waals surface area contributed by atoms with Gasteiger partial charge in [0.1, 0.15) is 11.6 Å². The topological polar surface area (TPSA) is 93.9 Å². The van der Waals surface area contributed by atoms with Gasteiger partial charge in [-0.25, -0.2) is 8.42 Å². The molecule has 1 aromatic carbocycles. The number of aryl methyl sites for hydroxylation is 1. The predicted molar refractivity (Wildman–Crippen MR) is 85.5 cm³/mol. The molecule has 23 heavy (non-hydrogen) atoms. The lowest BCUT2D eigenvalue weighted by molar-refractivity contribution is -0.120. The van der Waals surface area contributed by atoms with E-state index in [1.165, 1.54) is 24.9 Å². The van der Waals surface area contributed by atoms with E-state index in [9.17, 15) is 13.2 Å². The van der Waals surface area contributed by atoms with E-state index >= 15 is 0 Å². The number of hydrogen-bond donors (Lipinski definition) is 1. The van der Waals surface area contributed by atoms with E-state index in [4.69, 9.17) is 0 Å². The number of amides is 1. The molecule has 7 nitrogen and oxygen atoms in total. The van der Waals surface area contributed by atoms with Crippen molar-refractivity contribution in [1.82, 2.24) is 20.1 Å². The van der Waals surface area contributed by atoms with Crippen LogP contribution >= 0.6 is 0 Å². The van der Waals surface area contributed by atoms with Crippen molar-refractivity contribution >= 4 is 15.7 Å². The highest BCUT2D eigenvalue weighted by Gasteiger charge is 2.33. The molecule has 0 saturated carbocycles. The lowest BCUT2D eigenvalue weighted by Crippen LogP contribution is -2.40. The zero-order valence-corrected chi connectivity index (χ0v) is 14.1. The second kappa shape index (κ2) is 6.91. The molecule has 0 unspecified atom stereocenters. The van der Waals surface area contributed by atoms with E-state index < -0.39 is 21.0 Å². The lowest BCUT2D eigenvalue weighted by atomic mass is 10.0. The van der Waals surface area contributed by atoms with E-state index in [-0.39, 0.29) is 11.1 Å². The molecule has 1 N–H and O–H groups in total. The number of aromatic nitrogens is 3. The van der Waals surface area contributed by atoms with Gasteiger partial charge in [-0.05, 0) is 18.4 Å². The average Bonchev–Trinajstić information content (AvgIpc) is 2.99. The summed E-state index contributed by atoms with van der Waals surface area (Å²) in [6.07, 6.45) is 1.29. The molecule has 124 valence electrons. The van der Waals surface area contributed by atoms with E-state index in [0.717, 1.165) is 5.56 Å². The fourth-order valence-corrected chi connectivity index (χ4v) is 3.42. The number of benzene rings is 1. The van der Waals surface area contributed by atoms with Crippen LogP contribution in [0, 0.1) is 0 Å². The first-order valence-electron chi connectivity index (χ1n) is 7.24. The largest absolute Gasteiger partial charge is 0.354 e. The molecule has 0 bridgehead atoms. The van der Waals surface area contributed by atoms with Crippen LogP contribution in [0.3, 0.4) is 0 Å². The molecular weight excluding hydrogens is 316 g/mol. The molecule has 0 aliphatic heterocycles. The van der Waals surface area contributed by atoms with Gasteiger partial charge in [0.15, 0.2) is 0 Å². The number of hydrogen-bond acceptors (Lipinski definition) is 5. The average molecular weight is 336 g/mol. The maximum absolute atomic E-state index is 12.4. The third-order valence-electron chi connectivity index (χ3n) is 3.71. The van der Waals surface area contributed by atoms with Crippen LogP contribution in [-0.2, 0) is 21.7 Å². The van der Waals surface area contributed by atoms with Crippen molar-refractivity contribution in [3.05, 3.63) is 42.2 Å². The van der Waals surface area contributed by atoms with E-state index in [2.05, 4.69) is 15.5 Å². The molecule has 0 spiro atoms. The summed E-state index contributed by atoms with van der Waals surface area (Å²) in [5.41, 5.74) is 1.08. The van der Waals surface area contributed by atoms with Crippen LogP contribution in [0.25, 0.3) is 0 Å². The van der Waals surface area contributed by atoms with Gasteiger partial charge in [0.25, 0.3) is 0 Å². The van der Waals surface area contributed by atoms with Gasteiger partial charge in [0, 0.05) is 13.6 Å². The van der Waals surface area contributed by atoms with Crippen LogP contribution in [0.1, 0.15) is 25.3 Å². The van der Waals surface area contributed by atoms with Gasteiger partial charge >= 0.3 is 0 Å². The molecule has 0 aliphatic rings. The summed E-state index contributed by atoms with van der Waals surface area (Å²) in [6, 6.07) is 9.71. The quantitative estimate of drug-likeness (QED) is 0.846. The predicted octanol–water partition coefficient (Wildman–Crippen LogP) is 0.897. The normalized spacial score (nSPS) is 14.2. The van der Waals surface area contributed by atoms with Crippen LogP contribution < -0.4 is 5.32 Å². The summed E-state index contributed by atoms with van der Waals surface area (Å²) < 4.78 is 26.1. The van der Waals surface area contributed by atoms with Crippen molar-refractivity contribution in [3.8, 4) is 0 Å². The second-order valence-electron chi connectivity index (χ2n) is 5.47. The second-order valence-corrected chi connectivity index (χ2v) is 7.63. The van der Waals surface area contributed by atoms with Crippen LogP contribution in [0.4, 0.5) is 0 Å². The first-order valence-corrected chi connectivity index (χ1v) is 8.79. The maximum atomic E-state index is 12.4. The third-order valence-corrected chi connectivity index (χ3v) is 5.73. The molecule has 2 atom stereocenters. The summed E-state index contributed by atoms with van der Waals surface area (Å²) in [4.78, 5) is 12.2. The molecule has 0 radical (unpaired) electrons. The van der Waals surface area contributed by atoms with Gasteiger partial charge in [0.2, 0.25) is 20.9 Å². The summed E-state index contributed by atoms with van der Waals surface area (Å²) in [5, 5.41) is 8.38. The van der Waals surface area contributed by atoms with Gasteiger partial charge in [0.05, 0.1) is 0 Å². The van der Waals surface area contributed by atoms with Crippen molar-refractivity contribution in [1.29, 1.82) is 0 Å². The summed E-state index contributed by atoms with van der Waals surface area (Å²) in [6.45, 7) is 3.69. The molecule has 0 fully saturated rings. The number of nitrogens with zero attached hydrogens (tertiary/aromatic N) is 3. The van der Waals surface area contributed by atoms with E-state index in [1.807, 2.05) is 37.3 Å². The Kier molecular flexibility index (Phi) is 5.15. The third kappa shape index (κ3) is 3.76. The Morgan fingerprint density at radius 3 is 2.48 bits per heavy atom. The molecule has 1 amide bonds. The Bertz CT molecular complexity index is 771. The molecule has 2 rings (SSSR count). The SMILES string of the molecule is C[C@H](C(=O)NC[C@H](C)c1ccccc1)S(=O)(=O)c1nncn1C. The molecule has 0 aliphatic carbocycles. The number of carbonyl (C=O) groups is 1. The minimum atomic E-state index is -3.86. The summed E-state index contributed by atoms with van der Waals surface area (Å²) >= 11 is 0. The van der Waals surface area contributed by atoms with Gasteiger partial charge in [-0.1, -0.05) is 37.3 Å². The van der Waals surface area contributed by atoms with Crippen molar-refractivity contribution in [3.63, 3.8) is 0 Å². The fraction of sp³-hybridized carbons (Fsp3) is 0.400. The standard InChI is InChI=1S/C15H20N4O3S/c1-11(13-7-5-4-6-8-13)9-16-14(20)12(2)23(21,22)15-18-17-10-19(15)3/h4-8,10-12H,9H2,1-3H3,(H,16,20)/t11-,12+/m0/s1. The Morgan fingerprint density at radius 1 is 1.26 bits per heavy atom. The van der Waals surface area contributed by atoms with Gasteiger partial charge < -0.3 is 9.88 Å². The number of nitrogens with one attached hydrogen (secondary N) is 1. The summed E-state index contributed by atoms with van der Waals surface area (Å²) in [5.74, 6) is -0.458. The minimum absolute atomic E-state index is 0.0879. The van der Waals surface area contributed by atoms with Gasteiger partial charge in [-0.3, -0.25) is 4.79 Å². The first kappa shape index (κ1) is 17.1. The Balaban J connectivity index is 2.02. The zero-order chi connectivity index (χ0) is 17.0. The highest BCUT2D eigenvalue weighted by molar-refractivity contribution is 7.92. The molecule has 1 aromatic heterocycles. The fourth-order valence-electron chi connectivity index (χ4n) is 2.13. The van der Waals surface area contributed by atoms with E-state index in [1.54, 1.807) is 0 Å². The number of sulfone groups is 1. The van der Waals surface area contributed by atoms with Crippen molar-refractivity contribution in [2.75, 3.05) is 6.54 Å². The molecule has 0 saturated heterocycles. The van der Waals surface area contributed by atoms with E-state index in [0.29, 0.717) is 6.54 Å². The lowest BCUT2D eigenvalue weighted by Gasteiger charge is -2.16. The van der Waals surface area contributed by atoms with Gasteiger partial charge in [-0.15, -0.1) is 10.2 Å². The zero-order valence-electron chi connectivity index (χ0n) is 13.3. The first-order chi connectivity index (χ1) is 10.8. The molecule has 2 aromatic rings. The maximum Gasteiger partial charge on any atom is 0.250 e. The highest BCUT2D eigenvalue weighted by Crippen LogP contribution is 2.15. The molecule has 1 heterocycles. The van der Waals surface area contributed by atoms with Gasteiger partial charge in [-0.2, -0.15) is 0 Å². The Morgan fingerprint density at radius 2 is 1.91 bits per heavy atom. The van der Waals surface area contributed by atoms with Crippen molar-refractivity contribution in [2.24, 2.45) is 7.05 Å². The number of rotatable bonds is 6. The minimum Gasteiger partial charge on any atom is -0.354 e. The van der Waals surface area contributed by atoms with Crippen molar-refractivity contribution in [2.45, 2.75) is 30.2 Å². The monoisotopic (exact) mass is 336 g/mol.